The molecule has 0 heterocycles. The maximum absolute atomic E-state index is 11.8. The molecule has 0 fully saturated rings. The summed E-state index contributed by atoms with van der Waals surface area (Å²) in [5.41, 5.74) is 1.61. The highest BCUT2D eigenvalue weighted by atomic mass is 16.5. The lowest BCUT2D eigenvalue weighted by molar-refractivity contribution is 0.0610. The van der Waals surface area contributed by atoms with Gasteiger partial charge in [0.05, 0.1) is 12.7 Å². The summed E-state index contributed by atoms with van der Waals surface area (Å²) in [7, 11) is 5.39. The number of anilines is 1. The molecule has 1 unspecified atom stereocenters. The van der Waals surface area contributed by atoms with Crippen molar-refractivity contribution < 1.29 is 14.6 Å². The van der Waals surface area contributed by atoms with E-state index >= 15 is 0 Å². The third kappa shape index (κ3) is 4.35. The van der Waals surface area contributed by atoms with E-state index in [1.807, 2.05) is 31.1 Å². The first-order chi connectivity index (χ1) is 8.54. The second-order valence-corrected chi connectivity index (χ2v) is 4.26. The number of nitrogens with zero attached hydrogens (tertiary/aromatic N) is 1. The number of methoxy groups -OCH3 is 1. The lowest BCUT2D eigenvalue weighted by Gasteiger charge is -2.13. The predicted octanol–water partition coefficient (Wildman–Crippen LogP) is 0.490. The van der Waals surface area contributed by atoms with Gasteiger partial charge >= 0.3 is 0 Å². The first-order valence-electron chi connectivity index (χ1n) is 5.77. The van der Waals surface area contributed by atoms with Crippen LogP contribution in [0.5, 0.6) is 0 Å². The molecule has 0 aliphatic heterocycles. The van der Waals surface area contributed by atoms with Gasteiger partial charge < -0.3 is 20.1 Å². The molecule has 0 saturated heterocycles. The summed E-state index contributed by atoms with van der Waals surface area (Å²) in [6, 6.07) is 7.27. The van der Waals surface area contributed by atoms with Crippen LogP contribution in [0.25, 0.3) is 0 Å². The summed E-state index contributed by atoms with van der Waals surface area (Å²) in [5.74, 6) is -0.199. The van der Waals surface area contributed by atoms with Gasteiger partial charge in [-0.05, 0) is 24.3 Å². The zero-order chi connectivity index (χ0) is 13.5. The fourth-order valence-electron chi connectivity index (χ4n) is 1.47. The molecule has 1 aromatic rings. The predicted molar refractivity (Wildman–Crippen MR) is 71.0 cm³/mol. The summed E-state index contributed by atoms with van der Waals surface area (Å²) in [6.45, 7) is 0.391. The number of amides is 1. The van der Waals surface area contributed by atoms with Crippen LogP contribution in [0.1, 0.15) is 10.4 Å². The number of hydrogen-bond acceptors (Lipinski definition) is 4. The van der Waals surface area contributed by atoms with Crippen molar-refractivity contribution in [3.63, 3.8) is 0 Å². The Morgan fingerprint density at radius 1 is 1.39 bits per heavy atom. The SMILES string of the molecule is COCC(O)CNC(=O)c1ccc(N(C)C)cc1. The third-order valence-electron chi connectivity index (χ3n) is 2.50. The number of carbonyl (C=O) groups is 1. The van der Waals surface area contributed by atoms with Crippen molar-refractivity contribution in [1.82, 2.24) is 5.32 Å². The molecular weight excluding hydrogens is 232 g/mol. The lowest BCUT2D eigenvalue weighted by Crippen LogP contribution is -2.34. The number of carbonyl (C=O) groups excluding carboxylic acids is 1. The Morgan fingerprint density at radius 2 is 2.00 bits per heavy atom. The molecule has 1 rings (SSSR count). The average molecular weight is 252 g/mol. The molecule has 18 heavy (non-hydrogen) atoms. The fourth-order valence-corrected chi connectivity index (χ4v) is 1.47. The van der Waals surface area contributed by atoms with Gasteiger partial charge in [-0.25, -0.2) is 0 Å². The minimum atomic E-state index is -0.681. The van der Waals surface area contributed by atoms with E-state index in [4.69, 9.17) is 4.74 Å². The first kappa shape index (κ1) is 14.5. The van der Waals surface area contributed by atoms with Crippen molar-refractivity contribution in [2.24, 2.45) is 0 Å². The van der Waals surface area contributed by atoms with Crippen LogP contribution in [0, 0.1) is 0 Å². The highest BCUT2D eigenvalue weighted by Gasteiger charge is 2.08. The Hall–Kier alpha value is -1.59. The standard InChI is InChI=1S/C13H20N2O3/c1-15(2)11-6-4-10(5-7-11)13(17)14-8-12(16)9-18-3/h4-7,12,16H,8-9H2,1-3H3,(H,14,17). The van der Waals surface area contributed by atoms with Crippen LogP contribution in [-0.2, 0) is 4.74 Å². The maximum atomic E-state index is 11.8. The van der Waals surface area contributed by atoms with Crippen molar-refractivity contribution >= 4 is 11.6 Å². The highest BCUT2D eigenvalue weighted by Crippen LogP contribution is 2.11. The molecule has 0 bridgehead atoms. The zero-order valence-corrected chi connectivity index (χ0v) is 11.0. The Labute approximate surface area is 107 Å². The number of rotatable bonds is 6. The second kappa shape index (κ2) is 6.98. The molecule has 2 N–H and O–H groups in total. The summed E-state index contributed by atoms with van der Waals surface area (Å²) >= 11 is 0. The van der Waals surface area contributed by atoms with E-state index in [2.05, 4.69) is 5.32 Å². The smallest absolute Gasteiger partial charge is 0.251 e. The highest BCUT2D eigenvalue weighted by molar-refractivity contribution is 5.94. The fraction of sp³-hybridized carbons (Fsp3) is 0.462. The van der Waals surface area contributed by atoms with Crippen LogP contribution in [-0.4, -0.2) is 51.5 Å². The summed E-state index contributed by atoms with van der Waals surface area (Å²) in [4.78, 5) is 13.7. The van der Waals surface area contributed by atoms with Gasteiger partial charge in [0, 0.05) is 39.0 Å². The van der Waals surface area contributed by atoms with E-state index in [1.54, 1.807) is 12.1 Å². The number of hydrogen-bond donors (Lipinski definition) is 2. The minimum Gasteiger partial charge on any atom is -0.389 e. The molecule has 5 nitrogen and oxygen atoms in total. The van der Waals surface area contributed by atoms with Gasteiger partial charge in [0.25, 0.3) is 5.91 Å². The molecule has 0 aromatic heterocycles. The minimum absolute atomic E-state index is 0.183. The Bertz CT molecular complexity index is 376. The van der Waals surface area contributed by atoms with E-state index in [9.17, 15) is 9.90 Å². The second-order valence-electron chi connectivity index (χ2n) is 4.26. The van der Waals surface area contributed by atoms with Crippen LogP contribution in [0.15, 0.2) is 24.3 Å². The molecule has 5 heteroatoms. The van der Waals surface area contributed by atoms with Crippen LogP contribution >= 0.6 is 0 Å². The molecule has 1 atom stereocenters. The van der Waals surface area contributed by atoms with Crippen LogP contribution in [0.3, 0.4) is 0 Å². The van der Waals surface area contributed by atoms with E-state index in [-0.39, 0.29) is 19.1 Å². The summed E-state index contributed by atoms with van der Waals surface area (Å²) in [5, 5.41) is 12.1. The first-order valence-corrected chi connectivity index (χ1v) is 5.77. The largest absolute Gasteiger partial charge is 0.389 e. The topological polar surface area (TPSA) is 61.8 Å². The van der Waals surface area contributed by atoms with Crippen molar-refractivity contribution in [2.75, 3.05) is 39.3 Å². The number of aliphatic hydroxyl groups excluding tert-OH is 1. The molecule has 0 saturated carbocycles. The molecule has 0 aliphatic carbocycles. The van der Waals surface area contributed by atoms with Crippen molar-refractivity contribution in [1.29, 1.82) is 0 Å². The lowest BCUT2D eigenvalue weighted by atomic mass is 10.2. The van der Waals surface area contributed by atoms with Crippen LogP contribution in [0.2, 0.25) is 0 Å². The van der Waals surface area contributed by atoms with E-state index < -0.39 is 6.10 Å². The van der Waals surface area contributed by atoms with Gasteiger partial charge in [0.2, 0.25) is 0 Å². The van der Waals surface area contributed by atoms with E-state index in [1.165, 1.54) is 7.11 Å². The molecule has 1 amide bonds. The van der Waals surface area contributed by atoms with Gasteiger partial charge in [-0.1, -0.05) is 0 Å². The van der Waals surface area contributed by atoms with Crippen LogP contribution in [0.4, 0.5) is 5.69 Å². The summed E-state index contributed by atoms with van der Waals surface area (Å²) < 4.78 is 4.78. The summed E-state index contributed by atoms with van der Waals surface area (Å²) in [6.07, 6.45) is -0.681. The molecule has 100 valence electrons. The van der Waals surface area contributed by atoms with Crippen molar-refractivity contribution in [3.05, 3.63) is 29.8 Å². The van der Waals surface area contributed by atoms with Crippen LogP contribution < -0.4 is 10.2 Å². The zero-order valence-electron chi connectivity index (χ0n) is 11.0. The van der Waals surface area contributed by atoms with Gasteiger partial charge in [-0.2, -0.15) is 0 Å². The van der Waals surface area contributed by atoms with Crippen molar-refractivity contribution in [2.45, 2.75) is 6.10 Å². The van der Waals surface area contributed by atoms with Gasteiger partial charge in [0.15, 0.2) is 0 Å². The Morgan fingerprint density at radius 3 is 2.50 bits per heavy atom. The normalized spacial score (nSPS) is 12.0. The van der Waals surface area contributed by atoms with Gasteiger partial charge in [-0.3, -0.25) is 4.79 Å². The molecule has 1 aromatic carbocycles. The number of aliphatic hydroxyl groups is 1. The van der Waals surface area contributed by atoms with Gasteiger partial charge in [-0.15, -0.1) is 0 Å². The monoisotopic (exact) mass is 252 g/mol. The quantitative estimate of drug-likeness (QED) is 0.773. The average Bonchev–Trinajstić information content (AvgIpc) is 2.36. The third-order valence-corrected chi connectivity index (χ3v) is 2.50. The Balaban J connectivity index is 2.51. The van der Waals surface area contributed by atoms with E-state index in [0.717, 1.165) is 5.69 Å². The maximum Gasteiger partial charge on any atom is 0.251 e. The number of benzene rings is 1. The number of ether oxygens (including phenoxy) is 1. The molecule has 0 spiro atoms. The van der Waals surface area contributed by atoms with E-state index in [0.29, 0.717) is 5.56 Å². The Kier molecular flexibility index (Phi) is 5.61. The van der Waals surface area contributed by atoms with Gasteiger partial charge in [0.1, 0.15) is 0 Å². The molecular formula is C13H20N2O3. The number of nitrogens with one attached hydrogen (secondary N) is 1. The molecule has 0 radical (unpaired) electrons. The molecule has 0 aliphatic rings. The van der Waals surface area contributed by atoms with Crippen molar-refractivity contribution in [3.8, 4) is 0 Å².